The molecule has 10 N–H and O–H groups in total. The fourth-order valence-electron chi connectivity index (χ4n) is 7.14. The van der Waals surface area contributed by atoms with Crippen molar-refractivity contribution in [3.63, 3.8) is 0 Å². The lowest BCUT2D eigenvalue weighted by atomic mass is 9.97. The van der Waals surface area contributed by atoms with E-state index in [-0.39, 0.29) is 34.5 Å². The van der Waals surface area contributed by atoms with Crippen LogP contribution < -0.4 is 23.7 Å². The van der Waals surface area contributed by atoms with Gasteiger partial charge in [-0.15, -0.1) is 0 Å². The van der Waals surface area contributed by atoms with Crippen molar-refractivity contribution in [1.82, 2.24) is 0 Å². The second-order valence-corrected chi connectivity index (χ2v) is 14.6. The number of carbonyl (C=O) groups excluding carboxylic acids is 2. The van der Waals surface area contributed by atoms with Crippen LogP contribution >= 0.6 is 0 Å². The third-order valence-corrected chi connectivity index (χ3v) is 10.6. The van der Waals surface area contributed by atoms with Crippen molar-refractivity contribution in [2.75, 3.05) is 62.0 Å². The van der Waals surface area contributed by atoms with Gasteiger partial charge in [0.25, 0.3) is 0 Å². The minimum Gasteiger partial charge on any atom is -0.502 e. The largest absolute Gasteiger partial charge is 0.502 e. The lowest BCUT2D eigenvalue weighted by molar-refractivity contribution is -0.408. The predicted octanol–water partition coefficient (Wildman–Crippen LogP) is -3.29. The van der Waals surface area contributed by atoms with E-state index in [1.807, 2.05) is 0 Å². The molecule has 0 bridgehead atoms. The molecule has 0 spiro atoms. The van der Waals surface area contributed by atoms with Crippen LogP contribution in [0.2, 0.25) is 0 Å². The minimum absolute atomic E-state index is 0.0328. The summed E-state index contributed by atoms with van der Waals surface area (Å²) >= 11 is 0. The molecule has 3 heterocycles. The van der Waals surface area contributed by atoms with Crippen LogP contribution in [0.3, 0.4) is 0 Å². The molecule has 0 aromatic heterocycles. The van der Waals surface area contributed by atoms with Gasteiger partial charge in [0.05, 0.1) is 48.8 Å². The highest BCUT2D eigenvalue weighted by atomic mass is 16.8. The van der Waals surface area contributed by atoms with Crippen molar-refractivity contribution >= 4 is 24.1 Å². The molecule has 0 saturated carbocycles. The van der Waals surface area contributed by atoms with Crippen LogP contribution in [0.1, 0.15) is 11.1 Å². The Hall–Kier alpha value is -4.90. The van der Waals surface area contributed by atoms with Crippen LogP contribution in [0.5, 0.6) is 34.5 Å². The number of aliphatic hydroxyl groups excluding tert-OH is 9. The van der Waals surface area contributed by atoms with Crippen molar-refractivity contribution in [1.29, 1.82) is 0 Å². The molecule has 362 valence electrons. The monoisotopic (exact) mass is 930 g/mol. The van der Waals surface area contributed by atoms with Crippen LogP contribution in [0, 0.1) is 0 Å². The van der Waals surface area contributed by atoms with Gasteiger partial charge in [0.2, 0.25) is 17.3 Å². The number of phenolic OH excluding ortho intramolecular Hbond substituents is 1. The van der Waals surface area contributed by atoms with Gasteiger partial charge in [-0.2, -0.15) is 0 Å². The van der Waals surface area contributed by atoms with E-state index in [9.17, 15) is 60.7 Å². The van der Waals surface area contributed by atoms with E-state index in [2.05, 4.69) is 0 Å². The zero-order valence-electron chi connectivity index (χ0n) is 35.6. The van der Waals surface area contributed by atoms with Gasteiger partial charge in [-0.25, -0.2) is 9.59 Å². The van der Waals surface area contributed by atoms with Gasteiger partial charge in [0, 0.05) is 12.2 Å². The number of aromatic hydroxyl groups is 1. The number of ether oxygens (including phenoxy) is 12. The molecule has 3 aliphatic rings. The third kappa shape index (κ3) is 11.2. The fourth-order valence-corrected chi connectivity index (χ4v) is 7.14. The van der Waals surface area contributed by atoms with Gasteiger partial charge in [-0.3, -0.25) is 0 Å². The Morgan fingerprint density at radius 1 is 0.631 bits per heavy atom. The van der Waals surface area contributed by atoms with E-state index >= 15 is 0 Å². The number of carbonyl (C=O) groups is 2. The summed E-state index contributed by atoms with van der Waals surface area (Å²) in [6, 6.07) is 5.79. The summed E-state index contributed by atoms with van der Waals surface area (Å²) in [4.78, 5) is 26.2. The van der Waals surface area contributed by atoms with Gasteiger partial charge >= 0.3 is 11.9 Å². The summed E-state index contributed by atoms with van der Waals surface area (Å²) in [6.45, 7) is -3.88. The van der Waals surface area contributed by atoms with E-state index in [0.29, 0.717) is 11.1 Å². The first kappa shape index (κ1) is 51.1. The summed E-state index contributed by atoms with van der Waals surface area (Å²) in [5.41, 5.74) is 0.692. The molecule has 0 amide bonds. The first-order chi connectivity index (χ1) is 31.0. The normalized spacial score (nSPS) is 32.6. The number of methoxy groups -OCH3 is 5. The molecule has 3 aliphatic heterocycles. The first-order valence-electron chi connectivity index (χ1n) is 19.7. The topological polar surface area (TPSA) is 347 Å². The fraction of sp³-hybridized carbons (Fsp3) is 0.561. The van der Waals surface area contributed by atoms with Crippen LogP contribution in [0.4, 0.5) is 0 Å². The lowest BCUT2D eigenvalue weighted by Crippen LogP contribution is -2.66. The maximum atomic E-state index is 13.4. The Bertz CT molecular complexity index is 1920. The second kappa shape index (κ2) is 22.5. The Balaban J connectivity index is 1.43. The molecule has 3 fully saturated rings. The molecule has 0 aliphatic carbocycles. The van der Waals surface area contributed by atoms with Gasteiger partial charge in [-0.1, -0.05) is 0 Å². The van der Waals surface area contributed by atoms with Gasteiger partial charge in [0.15, 0.2) is 41.7 Å². The van der Waals surface area contributed by atoms with Crippen molar-refractivity contribution in [3.05, 3.63) is 47.5 Å². The molecule has 65 heavy (non-hydrogen) atoms. The maximum Gasteiger partial charge on any atom is 0.331 e. The molecule has 24 nitrogen and oxygen atoms in total. The summed E-state index contributed by atoms with van der Waals surface area (Å²) in [6.07, 6.45) is -20.4. The number of phenols is 1. The number of benzene rings is 2. The Kier molecular flexibility index (Phi) is 17.7. The third-order valence-electron chi connectivity index (χ3n) is 10.6. The SMILES string of the molecule is COc1cc(/C=C/C(=O)OC[C@H]2O[C@H](O[C@]3(CO)O[C@H](CO)[C@@H](O)[C@@H]3OC(=O)/C=C/c3cc(OC)c(OC)c(OC)c3)[C@H](O[C@@H]3O[C@H](CO)[C@@H](O)[C@H](O)[C@H]3O)[C@@H](O)[C@@H]2O)cc(OC)c1O. The molecule has 2 aromatic rings. The summed E-state index contributed by atoms with van der Waals surface area (Å²) in [5, 5.41) is 106. The van der Waals surface area contributed by atoms with Crippen LogP contribution in [0.15, 0.2) is 36.4 Å². The Labute approximate surface area is 370 Å². The highest BCUT2D eigenvalue weighted by molar-refractivity contribution is 5.88. The quantitative estimate of drug-likeness (QED) is 0.0487. The van der Waals surface area contributed by atoms with Crippen LogP contribution in [-0.4, -0.2) is 210 Å². The van der Waals surface area contributed by atoms with Gasteiger partial charge in [-0.05, 0) is 47.5 Å². The molecule has 2 aromatic carbocycles. The van der Waals surface area contributed by atoms with E-state index in [1.54, 1.807) is 0 Å². The van der Waals surface area contributed by atoms with Crippen molar-refractivity contribution in [2.24, 2.45) is 0 Å². The van der Waals surface area contributed by atoms with Crippen molar-refractivity contribution in [2.45, 2.75) is 85.5 Å². The van der Waals surface area contributed by atoms with E-state index in [4.69, 9.17) is 56.8 Å². The smallest absolute Gasteiger partial charge is 0.331 e. The minimum atomic E-state index is -2.68. The maximum absolute atomic E-state index is 13.4. The number of rotatable bonds is 19. The van der Waals surface area contributed by atoms with Crippen molar-refractivity contribution in [3.8, 4) is 34.5 Å². The van der Waals surface area contributed by atoms with Crippen LogP contribution in [-0.2, 0) is 42.7 Å². The zero-order valence-corrected chi connectivity index (χ0v) is 35.6. The Morgan fingerprint density at radius 3 is 1.68 bits per heavy atom. The van der Waals surface area contributed by atoms with E-state index in [0.717, 1.165) is 12.2 Å². The van der Waals surface area contributed by atoms with Gasteiger partial charge in [0.1, 0.15) is 74.3 Å². The number of aliphatic hydroxyl groups is 9. The standard InChI is InChI=1S/C41H54O24/c1-54-20-10-18(11-21(55-2)29(20)47)6-8-27(45)59-16-26-31(49)34(52)37(63-39-35(53)33(51)30(48)24(14-42)60-39)40(61-26)65-41(17-44)38(32(50)25(15-43)64-41)62-28(46)9-7-19-12-22(56-3)36(58-5)23(13-19)57-4/h6-13,24-26,30-35,37-40,42-44,47-53H,14-17H2,1-5H3/b8-6+,9-7+/t24-,25-,26-,30-,31-,32-,33+,34+,35-,37-,38+,39+,40-,41+/m1/s1. The molecular weight excluding hydrogens is 876 g/mol. The van der Waals surface area contributed by atoms with Gasteiger partial charge < -0.3 is 108 Å². The zero-order chi connectivity index (χ0) is 47.7. The summed E-state index contributed by atoms with van der Waals surface area (Å²) in [7, 11) is 6.76. The highest BCUT2D eigenvalue weighted by Crippen LogP contribution is 2.41. The predicted molar refractivity (Wildman–Crippen MR) is 214 cm³/mol. The Morgan fingerprint density at radius 2 is 1.15 bits per heavy atom. The average molecular weight is 931 g/mol. The van der Waals surface area contributed by atoms with Crippen molar-refractivity contribution < 1.29 is 117 Å². The summed E-state index contributed by atoms with van der Waals surface area (Å²) in [5.74, 6) is -4.30. The molecule has 3 saturated heterocycles. The average Bonchev–Trinajstić information content (AvgIpc) is 3.57. The van der Waals surface area contributed by atoms with E-state index in [1.165, 1.54) is 72.0 Å². The molecule has 0 unspecified atom stereocenters. The van der Waals surface area contributed by atoms with E-state index < -0.39 is 124 Å². The first-order valence-corrected chi connectivity index (χ1v) is 19.7. The number of hydrogen-bond acceptors (Lipinski definition) is 24. The highest BCUT2D eigenvalue weighted by Gasteiger charge is 2.61. The molecular formula is C41H54O24. The molecule has 24 heteroatoms. The molecule has 0 radical (unpaired) electrons. The molecule has 5 rings (SSSR count). The van der Waals surface area contributed by atoms with Crippen LogP contribution in [0.25, 0.3) is 12.2 Å². The number of esters is 2. The lowest BCUT2D eigenvalue weighted by Gasteiger charge is -2.47. The second-order valence-electron chi connectivity index (χ2n) is 14.6. The number of hydrogen-bond donors (Lipinski definition) is 10. The summed E-state index contributed by atoms with van der Waals surface area (Å²) < 4.78 is 65.9. The molecule has 14 atom stereocenters.